The number of hydrogen-bond donors (Lipinski definition) is 1. The first-order chi connectivity index (χ1) is 10.5. The maximum absolute atomic E-state index is 12.5. The summed E-state index contributed by atoms with van der Waals surface area (Å²) in [7, 11) is 0. The second kappa shape index (κ2) is 6.03. The zero-order valence-corrected chi connectivity index (χ0v) is 13.6. The fraction of sp³-hybridized carbons (Fsp3) is 0.429. The predicted octanol–water partition coefficient (Wildman–Crippen LogP) is 3.43. The topological polar surface area (TPSA) is 66.8 Å². The fourth-order valence-electron chi connectivity index (χ4n) is 2.51. The zero-order valence-electron chi connectivity index (χ0n) is 12.0. The molecule has 0 bridgehead atoms. The summed E-state index contributed by atoms with van der Waals surface area (Å²) >= 11 is 2.92. The molecule has 9 heteroatoms. The highest BCUT2D eigenvalue weighted by Crippen LogP contribution is 2.34. The first-order valence-corrected chi connectivity index (χ1v) is 7.44. The molecule has 5 nitrogen and oxygen atoms in total. The largest absolute Gasteiger partial charge is 0.573 e. The zero-order chi connectivity index (χ0) is 17.4. The van der Waals surface area contributed by atoms with Crippen LogP contribution < -0.4 is 4.74 Å². The highest BCUT2D eigenvalue weighted by Gasteiger charge is 2.46. The van der Waals surface area contributed by atoms with Gasteiger partial charge in [0.15, 0.2) is 0 Å². The normalized spacial score (nSPS) is 21.3. The van der Waals surface area contributed by atoms with Crippen molar-refractivity contribution in [1.82, 2.24) is 4.90 Å². The molecule has 2 rings (SSSR count). The van der Waals surface area contributed by atoms with Crippen molar-refractivity contribution < 1.29 is 32.6 Å². The van der Waals surface area contributed by atoms with Gasteiger partial charge >= 0.3 is 12.3 Å². The standard InChI is InChI=1S/C14H13BrF3NO4/c1-13(12(21)22)5-2-6-19(13)11(20)8-3-4-9(15)10(7-8)23-14(16,17)18/h3-4,7H,2,5-6H2,1H3,(H,21,22). The van der Waals surface area contributed by atoms with Gasteiger partial charge in [0.05, 0.1) is 4.47 Å². The van der Waals surface area contributed by atoms with Crippen LogP contribution in [0.25, 0.3) is 0 Å². The number of aliphatic carboxylic acids is 1. The van der Waals surface area contributed by atoms with Gasteiger partial charge in [0, 0.05) is 12.1 Å². The molecule has 0 spiro atoms. The van der Waals surface area contributed by atoms with Gasteiger partial charge < -0.3 is 14.7 Å². The van der Waals surface area contributed by atoms with Crippen molar-refractivity contribution in [1.29, 1.82) is 0 Å². The van der Waals surface area contributed by atoms with E-state index in [0.29, 0.717) is 6.42 Å². The second-order valence-electron chi connectivity index (χ2n) is 5.33. The number of amides is 1. The van der Waals surface area contributed by atoms with Crippen molar-refractivity contribution in [3.05, 3.63) is 28.2 Å². The van der Waals surface area contributed by atoms with Crippen molar-refractivity contribution in [3.8, 4) is 5.75 Å². The lowest BCUT2D eigenvalue weighted by molar-refractivity contribution is -0.274. The van der Waals surface area contributed by atoms with Crippen LogP contribution in [0.4, 0.5) is 13.2 Å². The lowest BCUT2D eigenvalue weighted by Gasteiger charge is -2.31. The number of halogens is 4. The van der Waals surface area contributed by atoms with E-state index < -0.39 is 29.5 Å². The van der Waals surface area contributed by atoms with Crippen molar-refractivity contribution in [2.75, 3.05) is 6.54 Å². The summed E-state index contributed by atoms with van der Waals surface area (Å²) < 4.78 is 41.0. The highest BCUT2D eigenvalue weighted by molar-refractivity contribution is 9.10. The molecule has 0 aliphatic carbocycles. The molecule has 0 aromatic heterocycles. The molecule has 1 atom stereocenters. The van der Waals surface area contributed by atoms with Gasteiger partial charge in [0.1, 0.15) is 11.3 Å². The molecule has 1 heterocycles. The maximum atomic E-state index is 12.5. The van der Waals surface area contributed by atoms with E-state index in [4.69, 9.17) is 0 Å². The van der Waals surface area contributed by atoms with Crippen LogP contribution in [-0.2, 0) is 4.79 Å². The second-order valence-corrected chi connectivity index (χ2v) is 6.19. The number of nitrogens with zero attached hydrogens (tertiary/aromatic N) is 1. The summed E-state index contributed by atoms with van der Waals surface area (Å²) in [6.45, 7) is 1.65. The molecule has 1 unspecified atom stereocenters. The lowest BCUT2D eigenvalue weighted by Crippen LogP contribution is -2.50. The average molecular weight is 396 g/mol. The van der Waals surface area contributed by atoms with Gasteiger partial charge in [0.25, 0.3) is 5.91 Å². The number of carbonyl (C=O) groups excluding carboxylic acids is 1. The molecule has 1 N–H and O–H groups in total. The van der Waals surface area contributed by atoms with Crippen LogP contribution in [0.5, 0.6) is 5.75 Å². The van der Waals surface area contributed by atoms with Gasteiger partial charge in [-0.1, -0.05) is 0 Å². The summed E-state index contributed by atoms with van der Waals surface area (Å²) in [5.74, 6) is -2.35. The van der Waals surface area contributed by atoms with Crippen LogP contribution in [0.3, 0.4) is 0 Å². The van der Waals surface area contributed by atoms with Gasteiger partial charge in [0.2, 0.25) is 0 Å². The number of hydrogen-bond acceptors (Lipinski definition) is 3. The Balaban J connectivity index is 2.33. The maximum Gasteiger partial charge on any atom is 0.573 e. The molecule has 1 aliphatic rings. The molecule has 1 aromatic carbocycles. The van der Waals surface area contributed by atoms with Crippen LogP contribution in [0, 0.1) is 0 Å². The van der Waals surface area contributed by atoms with Gasteiger partial charge in [-0.25, -0.2) is 4.79 Å². The molecule has 1 fully saturated rings. The van der Waals surface area contributed by atoms with Gasteiger partial charge in [-0.2, -0.15) is 0 Å². The number of alkyl halides is 3. The molecule has 126 valence electrons. The van der Waals surface area contributed by atoms with Crippen LogP contribution in [0.15, 0.2) is 22.7 Å². The van der Waals surface area contributed by atoms with E-state index in [2.05, 4.69) is 20.7 Å². The Bertz CT molecular complexity index is 649. The third-order valence-electron chi connectivity index (χ3n) is 3.75. The predicted molar refractivity (Wildman–Crippen MR) is 77.1 cm³/mol. The molecule has 1 aliphatic heterocycles. The van der Waals surface area contributed by atoms with E-state index in [0.717, 1.165) is 11.0 Å². The Hall–Kier alpha value is -1.77. The number of benzene rings is 1. The Morgan fingerprint density at radius 3 is 2.61 bits per heavy atom. The van der Waals surface area contributed by atoms with Crippen molar-refractivity contribution in [2.24, 2.45) is 0 Å². The van der Waals surface area contributed by atoms with Crippen LogP contribution in [0.2, 0.25) is 0 Å². The first-order valence-electron chi connectivity index (χ1n) is 6.65. The summed E-state index contributed by atoms with van der Waals surface area (Å²) in [6, 6.07) is 3.51. The van der Waals surface area contributed by atoms with Crippen molar-refractivity contribution in [2.45, 2.75) is 31.7 Å². The van der Waals surface area contributed by atoms with Gasteiger partial charge in [-0.05, 0) is 53.9 Å². The third-order valence-corrected chi connectivity index (χ3v) is 4.41. The Kier molecular flexibility index (Phi) is 4.61. The summed E-state index contributed by atoms with van der Waals surface area (Å²) in [4.78, 5) is 25.1. The molecular formula is C14H13BrF3NO4. The van der Waals surface area contributed by atoms with E-state index in [1.165, 1.54) is 19.1 Å². The minimum Gasteiger partial charge on any atom is -0.480 e. The minimum absolute atomic E-state index is 0.0359. The smallest absolute Gasteiger partial charge is 0.480 e. The molecule has 1 aromatic rings. The van der Waals surface area contributed by atoms with E-state index in [9.17, 15) is 27.9 Å². The third kappa shape index (κ3) is 3.60. The SMILES string of the molecule is CC1(C(=O)O)CCCN1C(=O)c1ccc(Br)c(OC(F)(F)F)c1. The number of carboxylic acid groups (broad SMARTS) is 1. The number of carbonyl (C=O) groups is 2. The molecule has 0 radical (unpaired) electrons. The van der Waals surface area contributed by atoms with Crippen LogP contribution >= 0.6 is 15.9 Å². The molecule has 1 saturated heterocycles. The number of likely N-dealkylation sites (tertiary alicyclic amines) is 1. The number of carboxylic acids is 1. The summed E-state index contributed by atoms with van der Waals surface area (Å²) in [5, 5.41) is 9.32. The van der Waals surface area contributed by atoms with E-state index in [1.54, 1.807) is 0 Å². The summed E-state index contributed by atoms with van der Waals surface area (Å²) in [6.07, 6.45) is -4.10. The van der Waals surface area contributed by atoms with E-state index >= 15 is 0 Å². The summed E-state index contributed by atoms with van der Waals surface area (Å²) in [5.41, 5.74) is -1.43. The highest BCUT2D eigenvalue weighted by atomic mass is 79.9. The first kappa shape index (κ1) is 17.6. The van der Waals surface area contributed by atoms with Crippen LogP contribution in [0.1, 0.15) is 30.1 Å². The monoisotopic (exact) mass is 395 g/mol. The van der Waals surface area contributed by atoms with E-state index in [-0.39, 0.29) is 23.0 Å². The minimum atomic E-state index is -4.90. The van der Waals surface area contributed by atoms with Gasteiger partial charge in [-0.3, -0.25) is 4.79 Å². The Labute approximate surface area is 138 Å². The van der Waals surface area contributed by atoms with Gasteiger partial charge in [-0.15, -0.1) is 13.2 Å². The number of rotatable bonds is 3. The number of ether oxygens (including phenoxy) is 1. The lowest BCUT2D eigenvalue weighted by atomic mass is 9.98. The fourth-order valence-corrected chi connectivity index (χ4v) is 2.83. The molecular weight excluding hydrogens is 383 g/mol. The van der Waals surface area contributed by atoms with Crippen molar-refractivity contribution in [3.63, 3.8) is 0 Å². The Morgan fingerprint density at radius 1 is 1.39 bits per heavy atom. The molecule has 1 amide bonds. The average Bonchev–Trinajstić information content (AvgIpc) is 2.82. The molecule has 23 heavy (non-hydrogen) atoms. The van der Waals surface area contributed by atoms with Crippen molar-refractivity contribution >= 4 is 27.8 Å². The van der Waals surface area contributed by atoms with E-state index in [1.807, 2.05) is 0 Å². The molecule has 0 saturated carbocycles. The Morgan fingerprint density at radius 2 is 2.04 bits per heavy atom. The quantitative estimate of drug-likeness (QED) is 0.851. The van der Waals surface area contributed by atoms with Crippen LogP contribution in [-0.4, -0.2) is 40.3 Å².